The fraction of sp³-hybridized carbons (Fsp3) is 0.350. The topological polar surface area (TPSA) is 77.6 Å². The monoisotopic (exact) mass is 349 g/mol. The van der Waals surface area contributed by atoms with E-state index >= 15 is 0 Å². The van der Waals surface area contributed by atoms with E-state index < -0.39 is 0 Å². The lowest BCUT2D eigenvalue weighted by atomic mass is 9.86. The summed E-state index contributed by atoms with van der Waals surface area (Å²) >= 11 is 0. The maximum Gasteiger partial charge on any atom is 0.257 e. The largest absolute Gasteiger partial charge is 0.469 e. The first-order valence-electron chi connectivity index (χ1n) is 8.65. The number of anilines is 1. The van der Waals surface area contributed by atoms with Crippen LogP contribution in [0.4, 0.5) is 5.69 Å². The number of carbonyl (C=O) groups is 2. The van der Waals surface area contributed by atoms with Gasteiger partial charge in [-0.25, -0.2) is 0 Å². The lowest BCUT2D eigenvalue weighted by Gasteiger charge is -2.24. The van der Waals surface area contributed by atoms with Gasteiger partial charge in [-0.1, -0.05) is 6.07 Å². The normalized spacial score (nSPS) is 22.2. The van der Waals surface area contributed by atoms with E-state index in [9.17, 15) is 9.59 Å². The van der Waals surface area contributed by atoms with Crippen LogP contribution in [0, 0.1) is 23.7 Å². The third kappa shape index (κ3) is 2.66. The van der Waals surface area contributed by atoms with Crippen LogP contribution in [0.2, 0.25) is 0 Å². The van der Waals surface area contributed by atoms with Crippen LogP contribution < -0.4 is 4.90 Å². The van der Waals surface area contributed by atoms with E-state index in [1.54, 1.807) is 36.1 Å². The van der Waals surface area contributed by atoms with Gasteiger partial charge < -0.3 is 14.2 Å². The molecule has 6 heteroatoms. The molecule has 1 spiro atoms. The molecule has 4 rings (SSSR count). The van der Waals surface area contributed by atoms with Crippen LogP contribution in [0.3, 0.4) is 0 Å². The second kappa shape index (κ2) is 6.03. The third-order valence-corrected chi connectivity index (χ3v) is 5.42. The second-order valence-corrected chi connectivity index (χ2v) is 7.19. The van der Waals surface area contributed by atoms with Gasteiger partial charge in [0.05, 0.1) is 23.5 Å². The molecule has 0 aliphatic carbocycles. The number of amides is 2. The van der Waals surface area contributed by atoms with Crippen molar-refractivity contribution in [2.45, 2.75) is 19.8 Å². The number of nitrogens with zero attached hydrogens (tertiary/aromatic N) is 3. The molecule has 2 amide bonds. The van der Waals surface area contributed by atoms with Crippen molar-refractivity contribution in [2.75, 3.05) is 24.5 Å². The molecule has 0 bridgehead atoms. The summed E-state index contributed by atoms with van der Waals surface area (Å²) in [4.78, 5) is 28.9. The van der Waals surface area contributed by atoms with Gasteiger partial charge in [0.15, 0.2) is 0 Å². The number of hydrogen-bond donors (Lipinski definition) is 0. The van der Waals surface area contributed by atoms with Gasteiger partial charge in [0, 0.05) is 37.2 Å². The smallest absolute Gasteiger partial charge is 0.257 e. The average Bonchev–Trinajstić information content (AvgIpc) is 3.34. The first-order valence-corrected chi connectivity index (χ1v) is 8.65. The van der Waals surface area contributed by atoms with Gasteiger partial charge in [-0.05, 0) is 37.6 Å². The van der Waals surface area contributed by atoms with Crippen LogP contribution in [-0.4, -0.2) is 36.3 Å². The van der Waals surface area contributed by atoms with Crippen LogP contribution in [0.5, 0.6) is 0 Å². The number of likely N-dealkylation sites (tertiary alicyclic amines) is 1. The van der Waals surface area contributed by atoms with E-state index in [1.807, 2.05) is 11.0 Å². The fourth-order valence-electron chi connectivity index (χ4n) is 4.03. The molecule has 132 valence electrons. The Morgan fingerprint density at radius 3 is 2.88 bits per heavy atom. The summed E-state index contributed by atoms with van der Waals surface area (Å²) in [6.07, 6.45) is 2.76. The molecular weight excluding hydrogens is 330 g/mol. The summed E-state index contributed by atoms with van der Waals surface area (Å²) in [5.74, 6) is 0.632. The molecule has 2 aliphatic heterocycles. The molecule has 0 N–H and O–H groups in total. The van der Waals surface area contributed by atoms with Crippen molar-refractivity contribution in [1.82, 2.24) is 4.90 Å². The predicted molar refractivity (Wildman–Crippen MR) is 94.5 cm³/mol. The van der Waals surface area contributed by atoms with Crippen LogP contribution in [0.1, 0.15) is 34.5 Å². The first kappa shape index (κ1) is 16.4. The quantitative estimate of drug-likeness (QED) is 0.835. The lowest BCUT2D eigenvalue weighted by molar-refractivity contribution is -0.117. The van der Waals surface area contributed by atoms with Gasteiger partial charge in [0.2, 0.25) is 5.91 Å². The molecule has 0 radical (unpaired) electrons. The van der Waals surface area contributed by atoms with Crippen LogP contribution in [0.25, 0.3) is 0 Å². The van der Waals surface area contributed by atoms with Crippen molar-refractivity contribution in [3.8, 4) is 6.07 Å². The SMILES string of the molecule is Cc1occc1C(=O)N1CC[C@]2(CC(=O)N(c3cccc(C#N)c3)C2)C1. The maximum absolute atomic E-state index is 12.7. The van der Waals surface area contributed by atoms with Crippen LogP contribution in [-0.2, 0) is 4.79 Å². The molecule has 0 unspecified atom stereocenters. The molecule has 1 aromatic heterocycles. The highest BCUT2D eigenvalue weighted by atomic mass is 16.3. The zero-order valence-corrected chi connectivity index (χ0v) is 14.6. The number of aryl methyl sites for hydroxylation is 1. The number of furan rings is 1. The Balaban J connectivity index is 1.52. The molecule has 6 nitrogen and oxygen atoms in total. The van der Waals surface area contributed by atoms with E-state index in [0.717, 1.165) is 12.1 Å². The highest BCUT2D eigenvalue weighted by Gasteiger charge is 2.49. The van der Waals surface area contributed by atoms with Gasteiger partial charge in [-0.15, -0.1) is 0 Å². The summed E-state index contributed by atoms with van der Waals surface area (Å²) in [5, 5.41) is 9.08. The highest BCUT2D eigenvalue weighted by molar-refractivity contribution is 5.98. The molecule has 26 heavy (non-hydrogen) atoms. The number of carbonyl (C=O) groups excluding carboxylic acids is 2. The Kier molecular flexibility index (Phi) is 3.80. The van der Waals surface area contributed by atoms with Crippen molar-refractivity contribution in [3.05, 3.63) is 53.5 Å². The van der Waals surface area contributed by atoms with Crippen LogP contribution in [0.15, 0.2) is 41.0 Å². The molecular formula is C20H19N3O3. The number of rotatable bonds is 2. The predicted octanol–water partition coefficient (Wildman–Crippen LogP) is 2.73. The Bertz CT molecular complexity index is 926. The van der Waals surface area contributed by atoms with Crippen molar-refractivity contribution in [3.63, 3.8) is 0 Å². The van der Waals surface area contributed by atoms with E-state index in [1.165, 1.54) is 6.26 Å². The minimum atomic E-state index is -0.215. The van der Waals surface area contributed by atoms with Crippen LogP contribution >= 0.6 is 0 Å². The van der Waals surface area contributed by atoms with E-state index in [4.69, 9.17) is 9.68 Å². The zero-order chi connectivity index (χ0) is 18.3. The van der Waals surface area contributed by atoms with Gasteiger partial charge in [0.25, 0.3) is 5.91 Å². The fourth-order valence-corrected chi connectivity index (χ4v) is 4.03. The van der Waals surface area contributed by atoms with Gasteiger partial charge in [-0.3, -0.25) is 9.59 Å². The number of benzene rings is 1. The summed E-state index contributed by atoms with van der Waals surface area (Å²) in [6.45, 7) is 3.57. The minimum Gasteiger partial charge on any atom is -0.469 e. The first-order chi connectivity index (χ1) is 12.5. The minimum absolute atomic E-state index is 0.0366. The standard InChI is InChI=1S/C20H19N3O3/c1-14-17(5-8-26-14)19(25)22-7-6-20(12-22)10-18(24)23(13-20)16-4-2-3-15(9-16)11-21/h2-5,8-9H,6-7,10,12-13H2,1H3/t20-/m0/s1. The molecule has 0 saturated carbocycles. The van der Waals surface area contributed by atoms with Crippen molar-refractivity contribution in [1.29, 1.82) is 5.26 Å². The zero-order valence-electron chi connectivity index (χ0n) is 14.6. The summed E-state index contributed by atoms with van der Waals surface area (Å²) < 4.78 is 5.24. The Morgan fingerprint density at radius 1 is 1.31 bits per heavy atom. The third-order valence-electron chi connectivity index (χ3n) is 5.42. The highest BCUT2D eigenvalue weighted by Crippen LogP contribution is 2.42. The van der Waals surface area contributed by atoms with Crippen molar-refractivity contribution in [2.24, 2.45) is 5.41 Å². The summed E-state index contributed by atoms with van der Waals surface area (Å²) in [7, 11) is 0. The molecule has 1 atom stereocenters. The average molecular weight is 349 g/mol. The Labute approximate surface area is 151 Å². The lowest BCUT2D eigenvalue weighted by Crippen LogP contribution is -2.34. The maximum atomic E-state index is 12.7. The van der Waals surface area contributed by atoms with Gasteiger partial charge in [0.1, 0.15) is 5.76 Å². The Morgan fingerprint density at radius 2 is 2.15 bits per heavy atom. The van der Waals surface area contributed by atoms with E-state index in [0.29, 0.717) is 42.9 Å². The van der Waals surface area contributed by atoms with Crippen molar-refractivity contribution < 1.29 is 14.0 Å². The summed E-state index contributed by atoms with van der Waals surface area (Å²) in [6, 6.07) is 10.9. The molecule has 1 aromatic carbocycles. The van der Waals surface area contributed by atoms with Gasteiger partial charge in [-0.2, -0.15) is 5.26 Å². The molecule has 3 heterocycles. The van der Waals surface area contributed by atoms with Gasteiger partial charge >= 0.3 is 0 Å². The second-order valence-electron chi connectivity index (χ2n) is 7.19. The molecule has 2 saturated heterocycles. The summed E-state index contributed by atoms with van der Waals surface area (Å²) in [5.41, 5.74) is 1.66. The number of nitriles is 1. The number of hydrogen-bond acceptors (Lipinski definition) is 4. The van der Waals surface area contributed by atoms with E-state index in [-0.39, 0.29) is 17.2 Å². The van der Waals surface area contributed by atoms with E-state index in [2.05, 4.69) is 6.07 Å². The molecule has 2 fully saturated rings. The Hall–Kier alpha value is -3.07. The van der Waals surface area contributed by atoms with Crippen molar-refractivity contribution >= 4 is 17.5 Å². The molecule has 2 aliphatic rings. The molecule has 2 aromatic rings.